The predicted molar refractivity (Wildman–Crippen MR) is 117 cm³/mol. The number of rotatable bonds is 12. The Morgan fingerprint density at radius 3 is 2.36 bits per heavy atom. The van der Waals surface area contributed by atoms with Gasteiger partial charge >= 0.3 is 0 Å². The van der Waals surface area contributed by atoms with Gasteiger partial charge in [0.2, 0.25) is 0 Å². The Kier molecular flexibility index (Phi) is 10.8. The van der Waals surface area contributed by atoms with Crippen LogP contribution in [0.1, 0.15) is 45.6 Å². The SMILES string of the molecule is CCNC(=NCC(CC)(CC)CCO)N(C)CCc1ccc(OC)c(OC)c1. The maximum Gasteiger partial charge on any atom is 0.193 e. The van der Waals surface area contributed by atoms with E-state index in [0.717, 1.165) is 62.8 Å². The molecular weight excluding hydrogens is 354 g/mol. The van der Waals surface area contributed by atoms with E-state index >= 15 is 0 Å². The van der Waals surface area contributed by atoms with Crippen LogP contribution in [-0.4, -0.2) is 63.5 Å². The molecule has 0 amide bonds. The van der Waals surface area contributed by atoms with Gasteiger partial charge in [0.1, 0.15) is 0 Å². The van der Waals surface area contributed by atoms with Crippen molar-refractivity contribution in [2.45, 2.75) is 46.5 Å². The van der Waals surface area contributed by atoms with Gasteiger partial charge in [0, 0.05) is 33.3 Å². The molecule has 0 aliphatic carbocycles. The molecule has 0 saturated carbocycles. The Labute approximate surface area is 170 Å². The van der Waals surface area contributed by atoms with E-state index in [1.807, 2.05) is 12.1 Å². The van der Waals surface area contributed by atoms with Crippen LogP contribution in [0.3, 0.4) is 0 Å². The minimum atomic E-state index is 0.0691. The maximum atomic E-state index is 9.44. The minimum Gasteiger partial charge on any atom is -0.493 e. The molecule has 28 heavy (non-hydrogen) atoms. The summed E-state index contributed by atoms with van der Waals surface area (Å²) in [5, 5.41) is 12.8. The molecule has 0 aliphatic heterocycles. The van der Waals surface area contributed by atoms with Gasteiger partial charge in [-0.15, -0.1) is 0 Å². The monoisotopic (exact) mass is 393 g/mol. The molecule has 0 aliphatic rings. The number of benzene rings is 1. The van der Waals surface area contributed by atoms with E-state index in [2.05, 4.69) is 44.1 Å². The van der Waals surface area contributed by atoms with Crippen molar-refractivity contribution in [3.8, 4) is 11.5 Å². The molecule has 0 atom stereocenters. The first kappa shape index (κ1) is 24.1. The number of nitrogens with one attached hydrogen (secondary N) is 1. The Morgan fingerprint density at radius 1 is 1.14 bits per heavy atom. The molecule has 6 nitrogen and oxygen atoms in total. The van der Waals surface area contributed by atoms with Gasteiger partial charge in [-0.3, -0.25) is 4.99 Å². The highest BCUT2D eigenvalue weighted by Gasteiger charge is 2.25. The third-order valence-corrected chi connectivity index (χ3v) is 5.59. The van der Waals surface area contributed by atoms with Crippen molar-refractivity contribution in [3.05, 3.63) is 23.8 Å². The predicted octanol–water partition coefficient (Wildman–Crippen LogP) is 3.33. The zero-order chi connectivity index (χ0) is 21.0. The van der Waals surface area contributed by atoms with Crippen molar-refractivity contribution in [1.82, 2.24) is 10.2 Å². The van der Waals surface area contributed by atoms with Crippen LogP contribution in [0.15, 0.2) is 23.2 Å². The average molecular weight is 394 g/mol. The van der Waals surface area contributed by atoms with E-state index in [1.54, 1.807) is 14.2 Å². The molecule has 0 fully saturated rings. The van der Waals surface area contributed by atoms with Gasteiger partial charge in [-0.1, -0.05) is 19.9 Å². The summed E-state index contributed by atoms with van der Waals surface area (Å²) in [4.78, 5) is 7.06. The molecule has 0 radical (unpaired) electrons. The zero-order valence-corrected chi connectivity index (χ0v) is 18.5. The molecule has 0 unspecified atom stereocenters. The number of aliphatic hydroxyl groups excluding tert-OH is 1. The number of nitrogens with zero attached hydrogens (tertiary/aromatic N) is 2. The Bertz CT molecular complexity index is 601. The van der Waals surface area contributed by atoms with Crippen molar-refractivity contribution in [3.63, 3.8) is 0 Å². The second kappa shape index (κ2) is 12.5. The van der Waals surface area contributed by atoms with Crippen LogP contribution < -0.4 is 14.8 Å². The van der Waals surface area contributed by atoms with Crippen LogP contribution >= 0.6 is 0 Å². The van der Waals surface area contributed by atoms with E-state index in [1.165, 1.54) is 5.56 Å². The molecule has 1 aromatic carbocycles. The lowest BCUT2D eigenvalue weighted by Gasteiger charge is -2.30. The number of hydrogen-bond donors (Lipinski definition) is 2. The fourth-order valence-electron chi connectivity index (χ4n) is 3.29. The van der Waals surface area contributed by atoms with Crippen LogP contribution in [0.2, 0.25) is 0 Å². The van der Waals surface area contributed by atoms with Gasteiger partial charge in [-0.25, -0.2) is 0 Å². The van der Waals surface area contributed by atoms with Crippen LogP contribution in [0.5, 0.6) is 11.5 Å². The summed E-state index contributed by atoms with van der Waals surface area (Å²) in [6.45, 7) is 9.05. The molecule has 0 spiro atoms. The molecule has 0 heterocycles. The second-order valence-electron chi connectivity index (χ2n) is 7.21. The molecule has 2 N–H and O–H groups in total. The number of aliphatic imine (C=N–C) groups is 1. The van der Waals surface area contributed by atoms with Crippen molar-refractivity contribution in [2.75, 3.05) is 47.5 Å². The third kappa shape index (κ3) is 6.89. The molecule has 1 rings (SSSR count). The van der Waals surface area contributed by atoms with Crippen LogP contribution in [0.4, 0.5) is 0 Å². The van der Waals surface area contributed by atoms with Crippen LogP contribution in [-0.2, 0) is 6.42 Å². The van der Waals surface area contributed by atoms with E-state index in [9.17, 15) is 5.11 Å². The largest absolute Gasteiger partial charge is 0.493 e. The number of ether oxygens (including phenoxy) is 2. The Morgan fingerprint density at radius 2 is 1.82 bits per heavy atom. The van der Waals surface area contributed by atoms with Gasteiger partial charge in [0.15, 0.2) is 17.5 Å². The number of guanidine groups is 1. The van der Waals surface area contributed by atoms with Gasteiger partial charge in [-0.2, -0.15) is 0 Å². The summed E-state index contributed by atoms with van der Waals surface area (Å²) in [5.41, 5.74) is 1.26. The number of methoxy groups -OCH3 is 2. The molecule has 1 aromatic rings. The van der Waals surface area contributed by atoms with Crippen molar-refractivity contribution >= 4 is 5.96 Å². The van der Waals surface area contributed by atoms with Crippen molar-refractivity contribution < 1.29 is 14.6 Å². The van der Waals surface area contributed by atoms with Crippen molar-refractivity contribution in [2.24, 2.45) is 10.4 Å². The summed E-state index contributed by atoms with van der Waals surface area (Å²) in [6, 6.07) is 6.04. The quantitative estimate of drug-likeness (QED) is 0.421. The lowest BCUT2D eigenvalue weighted by atomic mass is 9.79. The lowest BCUT2D eigenvalue weighted by molar-refractivity contribution is 0.175. The summed E-state index contributed by atoms with van der Waals surface area (Å²) in [7, 11) is 5.37. The fraction of sp³-hybridized carbons (Fsp3) is 0.682. The maximum absolute atomic E-state index is 9.44. The normalized spacial score (nSPS) is 12.0. The molecule has 160 valence electrons. The Hall–Kier alpha value is -1.95. The van der Waals surface area contributed by atoms with E-state index in [0.29, 0.717) is 0 Å². The van der Waals surface area contributed by atoms with E-state index < -0.39 is 0 Å². The zero-order valence-electron chi connectivity index (χ0n) is 18.5. The molecular formula is C22H39N3O3. The van der Waals surface area contributed by atoms with Gasteiger partial charge in [0.05, 0.1) is 14.2 Å². The number of aliphatic hydroxyl groups is 1. The average Bonchev–Trinajstić information content (AvgIpc) is 2.73. The summed E-state index contributed by atoms with van der Waals surface area (Å²) >= 11 is 0. The topological polar surface area (TPSA) is 66.3 Å². The summed E-state index contributed by atoms with van der Waals surface area (Å²) in [5.74, 6) is 2.41. The summed E-state index contributed by atoms with van der Waals surface area (Å²) < 4.78 is 10.7. The van der Waals surface area contributed by atoms with Gasteiger partial charge in [-0.05, 0) is 55.7 Å². The first-order chi connectivity index (χ1) is 13.5. The van der Waals surface area contributed by atoms with Gasteiger partial charge < -0.3 is 24.8 Å². The number of likely N-dealkylation sites (N-methyl/N-ethyl adjacent to an activating group) is 1. The number of hydrogen-bond acceptors (Lipinski definition) is 4. The smallest absolute Gasteiger partial charge is 0.193 e. The minimum absolute atomic E-state index is 0.0691. The first-order valence-corrected chi connectivity index (χ1v) is 10.3. The second-order valence-corrected chi connectivity index (χ2v) is 7.21. The lowest BCUT2D eigenvalue weighted by Crippen LogP contribution is -2.41. The highest BCUT2D eigenvalue weighted by molar-refractivity contribution is 5.79. The molecule has 0 aromatic heterocycles. The van der Waals surface area contributed by atoms with Crippen LogP contribution in [0.25, 0.3) is 0 Å². The van der Waals surface area contributed by atoms with Gasteiger partial charge in [0.25, 0.3) is 0 Å². The standard InChI is InChI=1S/C22H39N3O3/c1-7-22(8-2,13-15-26)17-24-21(23-9-3)25(4)14-12-18-10-11-19(27-5)20(16-18)28-6/h10-11,16,26H,7-9,12-15,17H2,1-6H3,(H,23,24). The first-order valence-electron chi connectivity index (χ1n) is 10.3. The molecule has 6 heteroatoms. The Balaban J connectivity index is 2.82. The molecule has 0 bridgehead atoms. The fourth-order valence-corrected chi connectivity index (χ4v) is 3.29. The summed E-state index contributed by atoms with van der Waals surface area (Å²) in [6.07, 6.45) is 3.70. The highest BCUT2D eigenvalue weighted by atomic mass is 16.5. The molecule has 0 saturated heterocycles. The van der Waals surface area contributed by atoms with Crippen molar-refractivity contribution in [1.29, 1.82) is 0 Å². The highest BCUT2D eigenvalue weighted by Crippen LogP contribution is 2.31. The van der Waals surface area contributed by atoms with E-state index in [4.69, 9.17) is 14.5 Å². The third-order valence-electron chi connectivity index (χ3n) is 5.59. The van der Waals surface area contributed by atoms with E-state index in [-0.39, 0.29) is 12.0 Å². The van der Waals surface area contributed by atoms with Crippen LogP contribution in [0, 0.1) is 5.41 Å².